The maximum Gasteiger partial charge on any atom is 0.181 e. The Balaban J connectivity index is 2.01. The third-order valence-electron chi connectivity index (χ3n) is 3.64. The van der Waals surface area contributed by atoms with E-state index in [1.165, 1.54) is 0 Å². The lowest BCUT2D eigenvalue weighted by atomic mass is 10.1. The molecular weight excluding hydrogens is 286 g/mol. The van der Waals surface area contributed by atoms with Gasteiger partial charge in [-0.15, -0.1) is 0 Å². The molecule has 0 atom stereocenters. The highest BCUT2D eigenvalue weighted by atomic mass is 16.3. The van der Waals surface area contributed by atoms with Crippen molar-refractivity contribution >= 4 is 0 Å². The fraction of sp³-hybridized carbons (Fsp3) is 0.263. The highest BCUT2D eigenvalue weighted by Gasteiger charge is 2.21. The largest absolute Gasteiger partial charge is 0.508 e. The molecule has 0 unspecified atom stereocenters. The number of aromatic hydroxyl groups is 1. The van der Waals surface area contributed by atoms with E-state index < -0.39 is 0 Å². The Morgan fingerprint density at radius 1 is 0.957 bits per heavy atom. The topological polar surface area (TPSA) is 50.9 Å². The summed E-state index contributed by atoms with van der Waals surface area (Å²) < 4.78 is 1.99. The normalized spacial score (nSPS) is 11.6. The zero-order valence-electron chi connectivity index (χ0n) is 13.7. The summed E-state index contributed by atoms with van der Waals surface area (Å²) in [5, 5.41) is 14.1. The molecule has 2 aromatic carbocycles. The fourth-order valence-corrected chi connectivity index (χ4v) is 2.50. The van der Waals surface area contributed by atoms with E-state index in [1.54, 1.807) is 12.1 Å². The van der Waals surface area contributed by atoms with Crippen LogP contribution in [0.4, 0.5) is 0 Å². The Hall–Kier alpha value is -2.62. The van der Waals surface area contributed by atoms with Crippen LogP contribution in [0.5, 0.6) is 5.75 Å². The Kier molecular flexibility index (Phi) is 3.90. The van der Waals surface area contributed by atoms with Gasteiger partial charge in [0.05, 0.1) is 5.54 Å². The standard InChI is InChI=1S/C19H21N3O/c1-19(2,3)22-17(13-14-9-11-16(23)12-10-14)20-18(21-22)15-7-5-4-6-8-15/h4-12,23H,13H2,1-3H3. The molecule has 0 saturated carbocycles. The molecule has 3 rings (SSSR count). The van der Waals surface area contributed by atoms with Crippen molar-refractivity contribution in [1.29, 1.82) is 0 Å². The number of nitrogens with zero attached hydrogens (tertiary/aromatic N) is 3. The SMILES string of the molecule is CC(C)(C)n1nc(-c2ccccc2)nc1Cc1ccc(O)cc1. The summed E-state index contributed by atoms with van der Waals surface area (Å²) in [4.78, 5) is 4.75. The van der Waals surface area contributed by atoms with Crippen LogP contribution >= 0.6 is 0 Å². The van der Waals surface area contributed by atoms with Crippen LogP contribution in [0.1, 0.15) is 32.2 Å². The van der Waals surface area contributed by atoms with E-state index in [0.717, 1.165) is 22.8 Å². The van der Waals surface area contributed by atoms with Gasteiger partial charge >= 0.3 is 0 Å². The molecule has 0 saturated heterocycles. The molecule has 3 aromatic rings. The molecule has 4 nitrogen and oxygen atoms in total. The molecular formula is C19H21N3O. The molecule has 0 aliphatic heterocycles. The summed E-state index contributed by atoms with van der Waals surface area (Å²) in [5.74, 6) is 1.94. The van der Waals surface area contributed by atoms with E-state index in [4.69, 9.17) is 10.1 Å². The van der Waals surface area contributed by atoms with E-state index in [-0.39, 0.29) is 11.3 Å². The third-order valence-corrected chi connectivity index (χ3v) is 3.64. The zero-order chi connectivity index (χ0) is 16.4. The Morgan fingerprint density at radius 3 is 2.22 bits per heavy atom. The number of benzene rings is 2. The van der Waals surface area contributed by atoms with Crippen LogP contribution in [0.25, 0.3) is 11.4 Å². The van der Waals surface area contributed by atoms with Crippen LogP contribution < -0.4 is 0 Å². The first-order chi connectivity index (χ1) is 10.9. The number of rotatable bonds is 3. The van der Waals surface area contributed by atoms with Crippen molar-refractivity contribution in [3.63, 3.8) is 0 Å². The van der Waals surface area contributed by atoms with Crippen molar-refractivity contribution in [2.75, 3.05) is 0 Å². The van der Waals surface area contributed by atoms with Crippen molar-refractivity contribution in [2.45, 2.75) is 32.7 Å². The van der Waals surface area contributed by atoms with Gasteiger partial charge in [-0.1, -0.05) is 42.5 Å². The van der Waals surface area contributed by atoms with E-state index in [0.29, 0.717) is 6.42 Å². The van der Waals surface area contributed by atoms with E-state index in [1.807, 2.05) is 47.1 Å². The highest BCUT2D eigenvalue weighted by Crippen LogP contribution is 2.23. The Morgan fingerprint density at radius 2 is 1.61 bits per heavy atom. The second kappa shape index (κ2) is 5.88. The predicted octanol–water partition coefficient (Wildman–Crippen LogP) is 4.00. The molecule has 118 valence electrons. The lowest BCUT2D eigenvalue weighted by Crippen LogP contribution is -2.25. The fourth-order valence-electron chi connectivity index (χ4n) is 2.50. The van der Waals surface area contributed by atoms with Crippen molar-refractivity contribution in [3.8, 4) is 17.1 Å². The first-order valence-electron chi connectivity index (χ1n) is 7.73. The summed E-state index contributed by atoms with van der Waals surface area (Å²) >= 11 is 0. The molecule has 1 aromatic heterocycles. The maximum atomic E-state index is 9.43. The van der Waals surface area contributed by atoms with Gasteiger partial charge in [-0.05, 0) is 38.5 Å². The van der Waals surface area contributed by atoms with Gasteiger partial charge in [0.15, 0.2) is 5.82 Å². The lowest BCUT2D eigenvalue weighted by Gasteiger charge is -2.21. The molecule has 0 amide bonds. The molecule has 4 heteroatoms. The molecule has 0 fully saturated rings. The first kappa shape index (κ1) is 15.3. The summed E-state index contributed by atoms with van der Waals surface area (Å²) in [5.41, 5.74) is 1.97. The van der Waals surface area contributed by atoms with Crippen LogP contribution in [0, 0.1) is 0 Å². The van der Waals surface area contributed by atoms with Gasteiger partial charge in [0, 0.05) is 12.0 Å². The second-order valence-corrected chi connectivity index (χ2v) is 6.64. The van der Waals surface area contributed by atoms with Crippen LogP contribution in [-0.4, -0.2) is 19.9 Å². The molecule has 0 aliphatic carbocycles. The van der Waals surface area contributed by atoms with Gasteiger partial charge in [0.1, 0.15) is 11.6 Å². The lowest BCUT2D eigenvalue weighted by molar-refractivity contribution is 0.344. The van der Waals surface area contributed by atoms with Crippen LogP contribution in [0.3, 0.4) is 0 Å². The maximum absolute atomic E-state index is 9.43. The number of aromatic nitrogens is 3. The minimum atomic E-state index is -0.147. The zero-order valence-corrected chi connectivity index (χ0v) is 13.7. The monoisotopic (exact) mass is 307 g/mol. The minimum Gasteiger partial charge on any atom is -0.508 e. The molecule has 0 bridgehead atoms. The molecule has 23 heavy (non-hydrogen) atoms. The quantitative estimate of drug-likeness (QED) is 0.796. The van der Waals surface area contributed by atoms with Crippen molar-refractivity contribution in [2.24, 2.45) is 0 Å². The molecule has 0 radical (unpaired) electrons. The average Bonchev–Trinajstić information content (AvgIpc) is 2.95. The van der Waals surface area contributed by atoms with Crippen LogP contribution in [-0.2, 0) is 12.0 Å². The van der Waals surface area contributed by atoms with Gasteiger partial charge in [-0.2, -0.15) is 5.10 Å². The molecule has 0 spiro atoms. The van der Waals surface area contributed by atoms with Crippen LogP contribution in [0.2, 0.25) is 0 Å². The number of phenols is 1. The number of phenolic OH excluding ortho intramolecular Hbond substituents is 1. The van der Waals surface area contributed by atoms with E-state index >= 15 is 0 Å². The smallest absolute Gasteiger partial charge is 0.181 e. The Bertz CT molecular complexity index is 784. The van der Waals surface area contributed by atoms with Crippen molar-refractivity contribution in [3.05, 3.63) is 66.0 Å². The van der Waals surface area contributed by atoms with Gasteiger partial charge < -0.3 is 5.11 Å². The highest BCUT2D eigenvalue weighted by molar-refractivity contribution is 5.54. The summed E-state index contributed by atoms with van der Waals surface area (Å²) in [7, 11) is 0. The van der Waals surface area contributed by atoms with Crippen molar-refractivity contribution < 1.29 is 5.11 Å². The second-order valence-electron chi connectivity index (χ2n) is 6.64. The van der Waals surface area contributed by atoms with Gasteiger partial charge in [0.25, 0.3) is 0 Å². The first-order valence-corrected chi connectivity index (χ1v) is 7.73. The van der Waals surface area contributed by atoms with E-state index in [2.05, 4.69) is 20.8 Å². The summed E-state index contributed by atoms with van der Waals surface area (Å²) in [6.07, 6.45) is 0.678. The minimum absolute atomic E-state index is 0.147. The summed E-state index contributed by atoms with van der Waals surface area (Å²) in [6, 6.07) is 17.2. The third kappa shape index (κ3) is 3.42. The van der Waals surface area contributed by atoms with Gasteiger partial charge in [0.2, 0.25) is 0 Å². The van der Waals surface area contributed by atoms with Gasteiger partial charge in [-0.3, -0.25) is 0 Å². The van der Waals surface area contributed by atoms with E-state index in [9.17, 15) is 5.11 Å². The molecule has 0 aliphatic rings. The summed E-state index contributed by atoms with van der Waals surface area (Å²) in [6.45, 7) is 6.37. The average molecular weight is 307 g/mol. The van der Waals surface area contributed by atoms with Crippen molar-refractivity contribution in [1.82, 2.24) is 14.8 Å². The number of hydrogen-bond donors (Lipinski definition) is 1. The van der Waals surface area contributed by atoms with Gasteiger partial charge in [-0.25, -0.2) is 9.67 Å². The molecule has 1 heterocycles. The Labute approximate surface area is 136 Å². The number of hydrogen-bond acceptors (Lipinski definition) is 3. The predicted molar refractivity (Wildman–Crippen MR) is 91.4 cm³/mol. The molecule has 1 N–H and O–H groups in total. The van der Waals surface area contributed by atoms with Crippen LogP contribution in [0.15, 0.2) is 54.6 Å².